The quantitative estimate of drug-likeness (QED) is 0.879. The topological polar surface area (TPSA) is 51.2 Å². The Hall–Kier alpha value is -1.95. The van der Waals surface area contributed by atoms with E-state index in [-0.39, 0.29) is 12.5 Å². The molecule has 0 spiro atoms. The average Bonchev–Trinajstić information content (AvgIpc) is 2.41. The number of nitrogens with one attached hydrogen (secondary N) is 1. The number of halogens is 2. The summed E-state index contributed by atoms with van der Waals surface area (Å²) < 4.78 is 18.5. The van der Waals surface area contributed by atoms with Crippen molar-refractivity contribution in [3.63, 3.8) is 0 Å². The van der Waals surface area contributed by atoms with Crippen molar-refractivity contribution in [1.29, 1.82) is 0 Å². The summed E-state index contributed by atoms with van der Waals surface area (Å²) in [5.41, 5.74) is 0.660. The maximum Gasteiger partial charge on any atom is 0.262 e. The van der Waals surface area contributed by atoms with Crippen molar-refractivity contribution in [2.75, 3.05) is 11.9 Å². The highest BCUT2D eigenvalue weighted by molar-refractivity contribution is 9.10. The monoisotopic (exact) mass is 324 g/mol. The zero-order valence-electron chi connectivity index (χ0n) is 9.77. The summed E-state index contributed by atoms with van der Waals surface area (Å²) in [4.78, 5) is 15.1. The van der Waals surface area contributed by atoms with Crippen LogP contribution in [0, 0.1) is 5.95 Å². The first-order valence-electron chi connectivity index (χ1n) is 5.44. The number of pyridine rings is 1. The van der Waals surface area contributed by atoms with Crippen LogP contribution in [0.3, 0.4) is 0 Å². The van der Waals surface area contributed by atoms with Crippen LogP contribution in [-0.4, -0.2) is 17.5 Å². The van der Waals surface area contributed by atoms with Crippen molar-refractivity contribution < 1.29 is 13.9 Å². The normalized spacial score (nSPS) is 10.0. The predicted molar refractivity (Wildman–Crippen MR) is 72.5 cm³/mol. The molecule has 1 amide bonds. The maximum absolute atomic E-state index is 12.6. The lowest BCUT2D eigenvalue weighted by atomic mass is 10.3. The molecule has 19 heavy (non-hydrogen) atoms. The van der Waals surface area contributed by atoms with Crippen molar-refractivity contribution in [2.24, 2.45) is 0 Å². The molecular formula is C13H10BrFN2O2. The van der Waals surface area contributed by atoms with Crippen LogP contribution in [0.25, 0.3) is 0 Å². The number of para-hydroxylation sites is 1. The number of carbonyl (C=O) groups excluding carboxylic acids is 1. The fraction of sp³-hybridized carbons (Fsp3) is 0.0769. The van der Waals surface area contributed by atoms with E-state index < -0.39 is 5.95 Å². The number of amides is 1. The molecule has 0 aliphatic carbocycles. The molecule has 0 aliphatic heterocycles. The number of nitrogens with zero attached hydrogens (tertiary/aromatic N) is 1. The molecule has 1 aromatic heterocycles. The van der Waals surface area contributed by atoms with Crippen molar-refractivity contribution in [3.8, 4) is 5.75 Å². The number of ether oxygens (including phenoxy) is 1. The Bertz CT molecular complexity index is 575. The summed E-state index contributed by atoms with van der Waals surface area (Å²) in [6.45, 7) is -0.172. The Morgan fingerprint density at radius 1 is 1.32 bits per heavy atom. The van der Waals surface area contributed by atoms with Gasteiger partial charge < -0.3 is 10.1 Å². The number of benzene rings is 1. The molecule has 2 aromatic rings. The van der Waals surface area contributed by atoms with Crippen LogP contribution in [0.2, 0.25) is 0 Å². The number of aromatic nitrogens is 1. The Morgan fingerprint density at radius 3 is 2.79 bits per heavy atom. The smallest absolute Gasteiger partial charge is 0.262 e. The lowest BCUT2D eigenvalue weighted by Crippen LogP contribution is -2.20. The zero-order chi connectivity index (χ0) is 13.7. The fourth-order valence-electron chi connectivity index (χ4n) is 1.35. The molecule has 0 saturated carbocycles. The molecule has 2 rings (SSSR count). The van der Waals surface area contributed by atoms with Gasteiger partial charge in [-0.05, 0) is 40.2 Å². The highest BCUT2D eigenvalue weighted by Crippen LogP contribution is 2.21. The minimum Gasteiger partial charge on any atom is -0.482 e. The van der Waals surface area contributed by atoms with Gasteiger partial charge in [-0.1, -0.05) is 12.1 Å². The Labute approximate surface area is 117 Å². The van der Waals surface area contributed by atoms with Crippen molar-refractivity contribution in [2.45, 2.75) is 0 Å². The summed E-state index contributed by atoms with van der Waals surface area (Å²) in [5.74, 6) is -0.565. The minimum absolute atomic E-state index is 0.172. The third-order valence-electron chi connectivity index (χ3n) is 2.22. The van der Waals surface area contributed by atoms with Gasteiger partial charge in [0.15, 0.2) is 6.61 Å². The van der Waals surface area contributed by atoms with E-state index in [9.17, 15) is 9.18 Å². The Morgan fingerprint density at radius 2 is 2.11 bits per heavy atom. The van der Waals surface area contributed by atoms with Crippen molar-refractivity contribution in [1.82, 2.24) is 4.98 Å². The molecule has 1 N–H and O–H groups in total. The predicted octanol–water partition coefficient (Wildman–Crippen LogP) is 3.00. The van der Waals surface area contributed by atoms with Gasteiger partial charge in [0.2, 0.25) is 5.95 Å². The van der Waals surface area contributed by atoms with Crippen LogP contribution in [0.15, 0.2) is 47.1 Å². The lowest BCUT2D eigenvalue weighted by molar-refractivity contribution is -0.118. The molecule has 98 valence electrons. The number of rotatable bonds is 4. The van der Waals surface area contributed by atoms with Gasteiger partial charge in [-0.3, -0.25) is 4.79 Å². The molecule has 0 radical (unpaired) electrons. The number of anilines is 1. The minimum atomic E-state index is -0.593. The highest BCUT2D eigenvalue weighted by atomic mass is 79.9. The standard InChI is InChI=1S/C13H10BrFN2O2/c14-10-3-1-2-4-11(10)17-13(18)8-19-9-5-6-12(15)16-7-9/h1-7H,8H2,(H,17,18). The molecule has 0 atom stereocenters. The molecule has 0 unspecified atom stereocenters. The molecule has 1 aromatic carbocycles. The second-order valence-corrected chi connectivity index (χ2v) is 4.49. The van der Waals surface area contributed by atoms with Gasteiger partial charge in [0.1, 0.15) is 5.75 Å². The van der Waals surface area contributed by atoms with E-state index in [1.54, 1.807) is 6.07 Å². The lowest BCUT2D eigenvalue weighted by Gasteiger charge is -2.08. The van der Waals surface area contributed by atoms with Gasteiger partial charge in [0.25, 0.3) is 5.91 Å². The van der Waals surface area contributed by atoms with E-state index >= 15 is 0 Å². The summed E-state index contributed by atoms with van der Waals surface area (Å²) >= 11 is 3.32. The van der Waals surface area contributed by atoms with E-state index in [1.165, 1.54) is 18.3 Å². The van der Waals surface area contributed by atoms with Gasteiger partial charge in [-0.2, -0.15) is 4.39 Å². The molecule has 4 nitrogen and oxygen atoms in total. The average molecular weight is 325 g/mol. The first-order valence-corrected chi connectivity index (χ1v) is 6.23. The molecule has 0 fully saturated rings. The Kier molecular flexibility index (Phi) is 4.46. The molecule has 0 saturated heterocycles. The van der Waals surface area contributed by atoms with Crippen LogP contribution >= 0.6 is 15.9 Å². The van der Waals surface area contributed by atoms with E-state index in [2.05, 4.69) is 26.2 Å². The van der Waals surface area contributed by atoms with Gasteiger partial charge in [-0.15, -0.1) is 0 Å². The van der Waals surface area contributed by atoms with E-state index in [0.717, 1.165) is 4.47 Å². The van der Waals surface area contributed by atoms with Gasteiger partial charge in [0, 0.05) is 4.47 Å². The van der Waals surface area contributed by atoms with E-state index in [4.69, 9.17) is 4.74 Å². The molecule has 0 bridgehead atoms. The van der Waals surface area contributed by atoms with Gasteiger partial charge in [0.05, 0.1) is 11.9 Å². The number of carbonyl (C=O) groups is 1. The maximum atomic E-state index is 12.6. The van der Waals surface area contributed by atoms with Crippen LogP contribution < -0.4 is 10.1 Å². The fourth-order valence-corrected chi connectivity index (χ4v) is 1.73. The highest BCUT2D eigenvalue weighted by Gasteiger charge is 2.06. The zero-order valence-corrected chi connectivity index (χ0v) is 11.4. The van der Waals surface area contributed by atoms with Crippen LogP contribution in [0.1, 0.15) is 0 Å². The largest absolute Gasteiger partial charge is 0.482 e. The second-order valence-electron chi connectivity index (χ2n) is 3.63. The molecule has 0 aliphatic rings. The first kappa shape index (κ1) is 13.5. The summed E-state index contributed by atoms with van der Waals surface area (Å²) in [6.07, 6.45) is 1.22. The summed E-state index contributed by atoms with van der Waals surface area (Å²) in [7, 11) is 0. The third-order valence-corrected chi connectivity index (χ3v) is 2.91. The summed E-state index contributed by atoms with van der Waals surface area (Å²) in [6, 6.07) is 9.82. The van der Waals surface area contributed by atoms with Gasteiger partial charge >= 0.3 is 0 Å². The molecule has 1 heterocycles. The summed E-state index contributed by atoms with van der Waals surface area (Å²) in [5, 5.41) is 2.69. The Balaban J connectivity index is 1.88. The van der Waals surface area contributed by atoms with Gasteiger partial charge in [-0.25, -0.2) is 4.98 Å². The van der Waals surface area contributed by atoms with E-state index in [0.29, 0.717) is 11.4 Å². The first-order chi connectivity index (χ1) is 9.15. The SMILES string of the molecule is O=C(COc1ccc(F)nc1)Nc1ccccc1Br. The number of hydrogen-bond acceptors (Lipinski definition) is 3. The van der Waals surface area contributed by atoms with Crippen LogP contribution in [0.5, 0.6) is 5.75 Å². The number of hydrogen-bond donors (Lipinski definition) is 1. The molecule has 6 heteroatoms. The van der Waals surface area contributed by atoms with Crippen LogP contribution in [0.4, 0.5) is 10.1 Å². The van der Waals surface area contributed by atoms with Crippen LogP contribution in [-0.2, 0) is 4.79 Å². The van der Waals surface area contributed by atoms with Crippen molar-refractivity contribution in [3.05, 3.63) is 53.0 Å². The molecular weight excluding hydrogens is 315 g/mol. The third kappa shape index (κ3) is 4.03. The van der Waals surface area contributed by atoms with Crippen molar-refractivity contribution >= 4 is 27.5 Å². The second kappa shape index (κ2) is 6.29. The van der Waals surface area contributed by atoms with E-state index in [1.807, 2.05) is 18.2 Å².